The number of β-amino-alcohol motifs (C(OH)–C–C–N with tert-alkyl or cyclic N) is 1. The highest BCUT2D eigenvalue weighted by molar-refractivity contribution is 5.57. The molecule has 0 radical (unpaired) electrons. The lowest BCUT2D eigenvalue weighted by atomic mass is 10.0. The SMILES string of the molecule is O=CC1CCCCN1CC(O)CO. The van der Waals surface area contributed by atoms with Crippen LogP contribution in [-0.2, 0) is 4.79 Å². The van der Waals surface area contributed by atoms with Gasteiger partial charge in [-0.15, -0.1) is 0 Å². The van der Waals surface area contributed by atoms with Gasteiger partial charge >= 0.3 is 0 Å². The summed E-state index contributed by atoms with van der Waals surface area (Å²) in [4.78, 5) is 12.6. The van der Waals surface area contributed by atoms with E-state index in [0.717, 1.165) is 32.1 Å². The first-order valence-corrected chi connectivity index (χ1v) is 4.76. The molecule has 0 aliphatic carbocycles. The molecule has 0 aromatic heterocycles. The molecule has 0 spiro atoms. The first kappa shape index (κ1) is 10.6. The molecule has 1 aliphatic heterocycles. The molecule has 1 rings (SSSR count). The monoisotopic (exact) mass is 187 g/mol. The van der Waals surface area contributed by atoms with Crippen LogP contribution in [0, 0.1) is 0 Å². The van der Waals surface area contributed by atoms with E-state index in [9.17, 15) is 9.90 Å². The van der Waals surface area contributed by atoms with E-state index < -0.39 is 6.10 Å². The molecule has 2 N–H and O–H groups in total. The maximum atomic E-state index is 10.7. The van der Waals surface area contributed by atoms with Gasteiger partial charge in [0.15, 0.2) is 0 Å². The average molecular weight is 187 g/mol. The van der Waals surface area contributed by atoms with Gasteiger partial charge < -0.3 is 15.0 Å². The van der Waals surface area contributed by atoms with Gasteiger partial charge in [-0.1, -0.05) is 6.42 Å². The zero-order valence-corrected chi connectivity index (χ0v) is 7.72. The van der Waals surface area contributed by atoms with E-state index in [0.29, 0.717) is 6.54 Å². The van der Waals surface area contributed by atoms with Gasteiger partial charge in [0.05, 0.1) is 18.8 Å². The summed E-state index contributed by atoms with van der Waals surface area (Å²) in [7, 11) is 0. The van der Waals surface area contributed by atoms with E-state index in [2.05, 4.69) is 0 Å². The van der Waals surface area contributed by atoms with E-state index in [1.165, 1.54) is 0 Å². The third-order valence-corrected chi connectivity index (χ3v) is 2.48. The fourth-order valence-corrected chi connectivity index (χ4v) is 1.73. The summed E-state index contributed by atoms with van der Waals surface area (Å²) in [6.07, 6.45) is 3.24. The molecule has 2 atom stereocenters. The minimum Gasteiger partial charge on any atom is -0.394 e. The van der Waals surface area contributed by atoms with Gasteiger partial charge in [-0.2, -0.15) is 0 Å². The molecule has 1 saturated heterocycles. The lowest BCUT2D eigenvalue weighted by Crippen LogP contribution is -2.45. The molecule has 1 aliphatic rings. The molecule has 76 valence electrons. The number of aliphatic hydroxyl groups excluding tert-OH is 2. The molecule has 0 aromatic carbocycles. The predicted octanol–water partition coefficient (Wildman–Crippen LogP) is -0.607. The Bertz CT molecular complexity index is 163. The Hall–Kier alpha value is -0.450. The van der Waals surface area contributed by atoms with Gasteiger partial charge in [0.25, 0.3) is 0 Å². The topological polar surface area (TPSA) is 60.8 Å². The summed E-state index contributed by atoms with van der Waals surface area (Å²) >= 11 is 0. The van der Waals surface area contributed by atoms with Gasteiger partial charge in [0.2, 0.25) is 0 Å². The first-order chi connectivity index (χ1) is 6.27. The van der Waals surface area contributed by atoms with Crippen molar-refractivity contribution in [2.24, 2.45) is 0 Å². The number of nitrogens with zero attached hydrogens (tertiary/aromatic N) is 1. The highest BCUT2D eigenvalue weighted by Crippen LogP contribution is 2.15. The summed E-state index contributed by atoms with van der Waals surface area (Å²) in [5.74, 6) is 0. The molecule has 0 aromatic rings. The van der Waals surface area contributed by atoms with E-state index >= 15 is 0 Å². The van der Waals surface area contributed by atoms with Crippen molar-refractivity contribution in [3.05, 3.63) is 0 Å². The molecule has 1 fully saturated rings. The number of hydrogen-bond acceptors (Lipinski definition) is 4. The molecule has 0 bridgehead atoms. The zero-order valence-electron chi connectivity index (χ0n) is 7.72. The maximum absolute atomic E-state index is 10.7. The second kappa shape index (κ2) is 5.32. The second-order valence-electron chi connectivity index (χ2n) is 3.53. The number of piperidine rings is 1. The summed E-state index contributed by atoms with van der Waals surface area (Å²) in [5, 5.41) is 17.9. The van der Waals surface area contributed by atoms with Crippen molar-refractivity contribution in [1.29, 1.82) is 0 Å². The van der Waals surface area contributed by atoms with Crippen LogP contribution in [-0.4, -0.2) is 53.2 Å². The summed E-state index contributed by atoms with van der Waals surface area (Å²) in [6.45, 7) is 1.02. The molecule has 4 nitrogen and oxygen atoms in total. The lowest BCUT2D eigenvalue weighted by molar-refractivity contribution is -0.114. The summed E-state index contributed by atoms with van der Waals surface area (Å²) < 4.78 is 0. The summed E-state index contributed by atoms with van der Waals surface area (Å²) in [5.41, 5.74) is 0. The Morgan fingerprint density at radius 3 is 2.92 bits per heavy atom. The second-order valence-corrected chi connectivity index (χ2v) is 3.53. The highest BCUT2D eigenvalue weighted by atomic mass is 16.3. The number of carbonyl (C=O) groups excluding carboxylic acids is 1. The number of rotatable bonds is 4. The Morgan fingerprint density at radius 1 is 1.54 bits per heavy atom. The number of aldehydes is 1. The Labute approximate surface area is 78.2 Å². The molecule has 13 heavy (non-hydrogen) atoms. The van der Waals surface area contributed by atoms with Crippen molar-refractivity contribution < 1.29 is 15.0 Å². The third-order valence-electron chi connectivity index (χ3n) is 2.48. The van der Waals surface area contributed by atoms with Gasteiger partial charge in [0, 0.05) is 6.54 Å². The van der Waals surface area contributed by atoms with Crippen molar-refractivity contribution in [3.63, 3.8) is 0 Å². The highest BCUT2D eigenvalue weighted by Gasteiger charge is 2.23. The quantitative estimate of drug-likeness (QED) is 0.577. The van der Waals surface area contributed by atoms with E-state index in [1.54, 1.807) is 0 Å². The van der Waals surface area contributed by atoms with Crippen molar-refractivity contribution in [1.82, 2.24) is 4.90 Å². The lowest BCUT2D eigenvalue weighted by Gasteiger charge is -2.33. The van der Waals surface area contributed by atoms with Crippen molar-refractivity contribution in [3.8, 4) is 0 Å². The molecule has 2 unspecified atom stereocenters. The number of carbonyl (C=O) groups is 1. The van der Waals surface area contributed by atoms with Crippen molar-refractivity contribution in [2.75, 3.05) is 19.7 Å². The number of hydrogen-bond donors (Lipinski definition) is 2. The van der Waals surface area contributed by atoms with Crippen LogP contribution < -0.4 is 0 Å². The van der Waals surface area contributed by atoms with E-state index in [-0.39, 0.29) is 12.6 Å². The summed E-state index contributed by atoms with van der Waals surface area (Å²) in [6, 6.07) is -0.0602. The maximum Gasteiger partial charge on any atom is 0.137 e. The molecule has 1 heterocycles. The van der Waals surface area contributed by atoms with Crippen LogP contribution in [0.2, 0.25) is 0 Å². The Balaban J connectivity index is 2.40. The fraction of sp³-hybridized carbons (Fsp3) is 0.889. The van der Waals surface area contributed by atoms with Crippen LogP contribution >= 0.6 is 0 Å². The largest absolute Gasteiger partial charge is 0.394 e. The van der Waals surface area contributed by atoms with Gasteiger partial charge in [-0.3, -0.25) is 4.90 Å². The van der Waals surface area contributed by atoms with Gasteiger partial charge in [0.1, 0.15) is 6.29 Å². The number of aliphatic hydroxyl groups is 2. The minimum absolute atomic E-state index is 0.0602. The predicted molar refractivity (Wildman–Crippen MR) is 48.4 cm³/mol. The van der Waals surface area contributed by atoms with Crippen LogP contribution in [0.5, 0.6) is 0 Å². The minimum atomic E-state index is -0.722. The zero-order chi connectivity index (χ0) is 9.68. The fourth-order valence-electron chi connectivity index (χ4n) is 1.73. The van der Waals surface area contributed by atoms with Gasteiger partial charge in [-0.05, 0) is 19.4 Å². The standard InChI is InChI=1S/C9H17NO3/c11-6-8-3-1-2-4-10(8)5-9(13)7-12/h6,8-9,12-13H,1-5,7H2. The molecule has 4 heteroatoms. The number of likely N-dealkylation sites (tertiary alicyclic amines) is 1. The average Bonchev–Trinajstić information content (AvgIpc) is 2.18. The Morgan fingerprint density at radius 2 is 2.31 bits per heavy atom. The van der Waals surface area contributed by atoms with E-state index in [1.807, 2.05) is 4.90 Å². The third kappa shape index (κ3) is 3.06. The smallest absolute Gasteiger partial charge is 0.137 e. The molecular formula is C9H17NO3. The van der Waals surface area contributed by atoms with Crippen LogP contribution in [0.3, 0.4) is 0 Å². The first-order valence-electron chi connectivity index (χ1n) is 4.76. The molecule has 0 amide bonds. The van der Waals surface area contributed by atoms with Crippen LogP contribution in [0.15, 0.2) is 0 Å². The van der Waals surface area contributed by atoms with Crippen LogP contribution in [0.4, 0.5) is 0 Å². The van der Waals surface area contributed by atoms with Crippen molar-refractivity contribution in [2.45, 2.75) is 31.4 Å². The molecule has 0 saturated carbocycles. The molecular weight excluding hydrogens is 170 g/mol. The van der Waals surface area contributed by atoms with Gasteiger partial charge in [-0.25, -0.2) is 0 Å². The van der Waals surface area contributed by atoms with Crippen LogP contribution in [0.25, 0.3) is 0 Å². The van der Waals surface area contributed by atoms with Crippen LogP contribution in [0.1, 0.15) is 19.3 Å². The van der Waals surface area contributed by atoms with E-state index in [4.69, 9.17) is 5.11 Å². The Kier molecular flexibility index (Phi) is 4.35. The normalized spacial score (nSPS) is 27.1. The van der Waals surface area contributed by atoms with Crippen molar-refractivity contribution >= 4 is 6.29 Å².